The first-order valence-corrected chi connectivity index (χ1v) is 8.31. The second kappa shape index (κ2) is 6.78. The fraction of sp³-hybridized carbons (Fsp3) is 0.286. The van der Waals surface area contributed by atoms with Gasteiger partial charge < -0.3 is 5.32 Å². The van der Waals surface area contributed by atoms with Crippen LogP contribution in [-0.2, 0) is 12.8 Å². The van der Waals surface area contributed by atoms with Crippen LogP contribution in [0.4, 0.5) is 0 Å². The maximum Gasteiger partial charge on any atom is 0.137 e. The van der Waals surface area contributed by atoms with E-state index in [1.54, 1.807) is 6.33 Å². The van der Waals surface area contributed by atoms with Crippen LogP contribution < -0.4 is 5.32 Å². The third kappa shape index (κ3) is 3.53. The van der Waals surface area contributed by atoms with Crippen molar-refractivity contribution >= 4 is 22.7 Å². The Labute approximate surface area is 125 Å². The van der Waals surface area contributed by atoms with Crippen LogP contribution in [0.25, 0.3) is 0 Å². The molecule has 0 bridgehead atoms. The molecule has 4 nitrogen and oxygen atoms in total. The molecule has 0 aliphatic rings. The summed E-state index contributed by atoms with van der Waals surface area (Å²) in [5.74, 6) is 0.929. The maximum absolute atomic E-state index is 4.15. The summed E-state index contributed by atoms with van der Waals surface area (Å²) in [6, 6.07) is 8.99. The van der Waals surface area contributed by atoms with Crippen molar-refractivity contribution in [1.29, 1.82) is 0 Å². The lowest BCUT2D eigenvalue weighted by Crippen LogP contribution is -2.25. The summed E-state index contributed by atoms with van der Waals surface area (Å²) in [6.45, 7) is 0.892. The molecule has 0 fully saturated rings. The molecule has 3 heterocycles. The van der Waals surface area contributed by atoms with Crippen molar-refractivity contribution in [3.63, 3.8) is 0 Å². The summed E-state index contributed by atoms with van der Waals surface area (Å²) < 4.78 is 0. The van der Waals surface area contributed by atoms with E-state index < -0.39 is 0 Å². The fourth-order valence-corrected chi connectivity index (χ4v) is 3.66. The van der Waals surface area contributed by atoms with E-state index in [4.69, 9.17) is 0 Å². The second-order valence-corrected chi connectivity index (χ2v) is 6.50. The van der Waals surface area contributed by atoms with Crippen LogP contribution in [0.1, 0.15) is 21.6 Å². The first-order valence-electron chi connectivity index (χ1n) is 6.55. The van der Waals surface area contributed by atoms with Gasteiger partial charge in [-0.1, -0.05) is 12.1 Å². The molecule has 1 atom stereocenters. The quantitative estimate of drug-likeness (QED) is 0.705. The van der Waals surface area contributed by atoms with Crippen molar-refractivity contribution in [2.75, 3.05) is 6.54 Å². The fourth-order valence-electron chi connectivity index (χ4n) is 2.11. The summed E-state index contributed by atoms with van der Waals surface area (Å²) in [7, 11) is 0. The predicted molar refractivity (Wildman–Crippen MR) is 83.2 cm³/mol. The van der Waals surface area contributed by atoms with Gasteiger partial charge in [0.2, 0.25) is 0 Å². The molecule has 2 N–H and O–H groups in total. The van der Waals surface area contributed by atoms with E-state index in [1.807, 2.05) is 22.7 Å². The van der Waals surface area contributed by atoms with Gasteiger partial charge in [-0.3, -0.25) is 5.10 Å². The molecule has 1 unspecified atom stereocenters. The molecule has 3 aromatic heterocycles. The third-order valence-corrected chi connectivity index (χ3v) is 4.97. The van der Waals surface area contributed by atoms with Gasteiger partial charge in [-0.2, -0.15) is 5.10 Å². The Morgan fingerprint density at radius 1 is 1.20 bits per heavy atom. The van der Waals surface area contributed by atoms with E-state index in [0.717, 1.165) is 25.2 Å². The highest BCUT2D eigenvalue weighted by atomic mass is 32.1. The van der Waals surface area contributed by atoms with Crippen molar-refractivity contribution in [2.24, 2.45) is 0 Å². The molecule has 0 aliphatic carbocycles. The molecule has 104 valence electrons. The zero-order chi connectivity index (χ0) is 13.6. The zero-order valence-corrected chi connectivity index (χ0v) is 12.6. The Balaban J connectivity index is 1.60. The van der Waals surface area contributed by atoms with Crippen molar-refractivity contribution in [2.45, 2.75) is 18.9 Å². The van der Waals surface area contributed by atoms with Gasteiger partial charge in [-0.05, 0) is 22.9 Å². The van der Waals surface area contributed by atoms with E-state index in [9.17, 15) is 0 Å². The largest absolute Gasteiger partial charge is 0.308 e. The van der Waals surface area contributed by atoms with Gasteiger partial charge in [0.1, 0.15) is 12.2 Å². The first-order chi connectivity index (χ1) is 9.92. The lowest BCUT2D eigenvalue weighted by molar-refractivity contribution is 0.540. The van der Waals surface area contributed by atoms with Crippen LogP contribution in [0.5, 0.6) is 0 Å². The molecule has 3 rings (SSSR count). The Morgan fingerprint density at radius 2 is 2.10 bits per heavy atom. The van der Waals surface area contributed by atoms with Gasteiger partial charge in [0.15, 0.2) is 0 Å². The van der Waals surface area contributed by atoms with Crippen LogP contribution in [0.15, 0.2) is 41.4 Å². The topological polar surface area (TPSA) is 53.6 Å². The Bertz CT molecular complexity index is 587. The van der Waals surface area contributed by atoms with Crippen molar-refractivity contribution in [3.8, 4) is 0 Å². The van der Waals surface area contributed by atoms with E-state index in [2.05, 4.69) is 55.5 Å². The standard InChI is InChI=1S/C14H16N4S2/c1-3-11(19-7-1)9-12(13-4-2-8-20-13)15-6-5-14-16-10-17-18-14/h1-4,7-8,10,12,15H,5-6,9H2,(H,16,17,18). The number of nitrogens with zero attached hydrogens (tertiary/aromatic N) is 2. The minimum absolute atomic E-state index is 0.372. The van der Waals surface area contributed by atoms with Crippen molar-refractivity contribution in [3.05, 3.63) is 56.9 Å². The molecular weight excluding hydrogens is 288 g/mol. The molecule has 6 heteroatoms. The number of H-pyrrole nitrogens is 1. The van der Waals surface area contributed by atoms with Crippen molar-refractivity contribution < 1.29 is 0 Å². The Morgan fingerprint density at radius 3 is 2.80 bits per heavy atom. The number of rotatable bonds is 7. The zero-order valence-electron chi connectivity index (χ0n) is 11.0. The number of hydrogen-bond acceptors (Lipinski definition) is 5. The number of aromatic amines is 1. The molecular formula is C14H16N4S2. The number of aromatic nitrogens is 3. The van der Waals surface area contributed by atoms with Crippen LogP contribution in [0, 0.1) is 0 Å². The molecule has 0 saturated carbocycles. The van der Waals surface area contributed by atoms with Crippen LogP contribution >= 0.6 is 22.7 Å². The van der Waals surface area contributed by atoms with Crippen LogP contribution in [-0.4, -0.2) is 21.7 Å². The number of thiophene rings is 2. The smallest absolute Gasteiger partial charge is 0.137 e. The van der Waals surface area contributed by atoms with Gasteiger partial charge >= 0.3 is 0 Å². The number of nitrogens with one attached hydrogen (secondary N) is 2. The summed E-state index contributed by atoms with van der Waals surface area (Å²) in [5, 5.41) is 14.7. The number of hydrogen-bond donors (Lipinski definition) is 2. The van der Waals surface area contributed by atoms with E-state index in [-0.39, 0.29) is 0 Å². The van der Waals surface area contributed by atoms with E-state index >= 15 is 0 Å². The first kappa shape index (κ1) is 13.5. The lowest BCUT2D eigenvalue weighted by atomic mass is 10.1. The Kier molecular flexibility index (Phi) is 4.57. The summed E-state index contributed by atoms with van der Waals surface area (Å²) in [6.07, 6.45) is 3.46. The van der Waals surface area contributed by atoms with Crippen LogP contribution in [0.2, 0.25) is 0 Å². The minimum atomic E-state index is 0.372. The highest BCUT2D eigenvalue weighted by Gasteiger charge is 2.13. The monoisotopic (exact) mass is 304 g/mol. The summed E-state index contributed by atoms with van der Waals surface area (Å²) >= 11 is 3.62. The highest BCUT2D eigenvalue weighted by Crippen LogP contribution is 2.24. The van der Waals surface area contributed by atoms with Gasteiger partial charge in [-0.25, -0.2) is 4.98 Å². The molecule has 0 spiro atoms. The van der Waals surface area contributed by atoms with Gasteiger partial charge in [0.05, 0.1) is 0 Å². The molecule has 0 amide bonds. The van der Waals surface area contributed by atoms with Crippen LogP contribution in [0.3, 0.4) is 0 Å². The van der Waals surface area contributed by atoms with Gasteiger partial charge in [0.25, 0.3) is 0 Å². The average Bonchev–Trinajstić information content (AvgIpc) is 3.21. The second-order valence-electron chi connectivity index (χ2n) is 4.49. The summed E-state index contributed by atoms with van der Waals surface area (Å²) in [5.41, 5.74) is 0. The van der Waals surface area contributed by atoms with E-state index in [1.165, 1.54) is 9.75 Å². The molecule has 0 radical (unpaired) electrons. The highest BCUT2D eigenvalue weighted by molar-refractivity contribution is 7.10. The minimum Gasteiger partial charge on any atom is -0.308 e. The Hall–Kier alpha value is -1.50. The van der Waals surface area contributed by atoms with E-state index in [0.29, 0.717) is 6.04 Å². The summed E-state index contributed by atoms with van der Waals surface area (Å²) in [4.78, 5) is 6.95. The van der Waals surface area contributed by atoms with Crippen molar-refractivity contribution in [1.82, 2.24) is 20.5 Å². The maximum atomic E-state index is 4.15. The normalized spacial score (nSPS) is 12.6. The molecule has 20 heavy (non-hydrogen) atoms. The van der Waals surface area contributed by atoms with Gasteiger partial charge in [-0.15, -0.1) is 22.7 Å². The average molecular weight is 304 g/mol. The molecule has 0 aliphatic heterocycles. The third-order valence-electron chi connectivity index (χ3n) is 3.09. The molecule has 0 saturated heterocycles. The lowest BCUT2D eigenvalue weighted by Gasteiger charge is -2.16. The van der Waals surface area contributed by atoms with Gasteiger partial charge in [0, 0.05) is 35.2 Å². The SMILES string of the molecule is c1csc(CC(NCCc2ncn[nH]2)c2cccs2)c1. The molecule has 0 aromatic carbocycles. The predicted octanol–water partition coefficient (Wildman–Crippen LogP) is 3.04. The molecule has 3 aromatic rings.